The van der Waals surface area contributed by atoms with E-state index in [4.69, 9.17) is 9.15 Å². The van der Waals surface area contributed by atoms with Crippen molar-refractivity contribution in [3.8, 4) is 28.4 Å². The number of hydrogen-bond donors (Lipinski definition) is 1. The highest BCUT2D eigenvalue weighted by Gasteiger charge is 2.22. The first-order chi connectivity index (χ1) is 11.2. The van der Waals surface area contributed by atoms with Crippen molar-refractivity contribution in [3.05, 3.63) is 72.3 Å². The first kappa shape index (κ1) is 14.8. The minimum absolute atomic E-state index is 0.181. The summed E-state index contributed by atoms with van der Waals surface area (Å²) in [7, 11) is 1.60. The molecular weight excluding hydrogens is 292 g/mol. The Balaban J connectivity index is 2.12. The maximum absolute atomic E-state index is 11.4. The van der Waals surface area contributed by atoms with Gasteiger partial charge in [-0.15, -0.1) is 0 Å². The molecule has 23 heavy (non-hydrogen) atoms. The van der Waals surface area contributed by atoms with Gasteiger partial charge in [0.25, 0.3) is 0 Å². The number of carbonyl (C=O) groups is 1. The Morgan fingerprint density at radius 1 is 0.913 bits per heavy atom. The molecule has 3 aromatic rings. The molecule has 0 saturated heterocycles. The van der Waals surface area contributed by atoms with Crippen molar-refractivity contribution in [2.24, 2.45) is 0 Å². The van der Waals surface area contributed by atoms with Gasteiger partial charge >= 0.3 is 17.5 Å². The molecule has 0 aliphatic heterocycles. The summed E-state index contributed by atoms with van der Waals surface area (Å²) in [5.41, 5.74) is 1.79. The van der Waals surface area contributed by atoms with Crippen molar-refractivity contribution in [2.45, 2.75) is 0 Å². The van der Waals surface area contributed by atoms with Crippen LogP contribution in [0.2, 0.25) is 0 Å². The summed E-state index contributed by atoms with van der Waals surface area (Å²) in [6, 6.07) is 19.7. The highest BCUT2D eigenvalue weighted by atomic mass is 16.5. The fourth-order valence-electron chi connectivity index (χ4n) is 2.27. The zero-order valence-corrected chi connectivity index (χ0v) is 12.5. The Labute approximate surface area is 133 Å². The maximum Gasteiger partial charge on any atom is 0.361 e. The molecule has 1 heterocycles. The fourth-order valence-corrected chi connectivity index (χ4v) is 2.27. The van der Waals surface area contributed by atoms with Crippen molar-refractivity contribution >= 4 is 5.97 Å². The van der Waals surface area contributed by atoms with Gasteiger partial charge in [-0.1, -0.05) is 18.2 Å². The Bertz CT molecular complexity index is 824. The summed E-state index contributed by atoms with van der Waals surface area (Å²) in [5, 5.41) is 9.35. The van der Waals surface area contributed by atoms with Crippen LogP contribution in [-0.4, -0.2) is 18.2 Å². The summed E-state index contributed by atoms with van der Waals surface area (Å²) in [5.74, 6) is 0.738. The topological polar surface area (TPSA) is 57.8 Å². The van der Waals surface area contributed by atoms with E-state index in [-0.39, 0.29) is 5.56 Å². The van der Waals surface area contributed by atoms with E-state index in [0.717, 1.165) is 16.9 Å². The third-order valence-electron chi connectivity index (χ3n) is 3.47. The van der Waals surface area contributed by atoms with Crippen molar-refractivity contribution in [1.29, 1.82) is 0 Å². The number of hydrogen-bond acceptors (Lipinski definition) is 2. The molecule has 114 valence electrons. The summed E-state index contributed by atoms with van der Waals surface area (Å²) in [6.07, 6.45) is 0. The van der Waals surface area contributed by atoms with Gasteiger partial charge in [-0.2, -0.15) is 0 Å². The van der Waals surface area contributed by atoms with Crippen LogP contribution in [0.5, 0.6) is 5.75 Å². The number of ether oxygens (including phenoxy) is 1. The second-order valence-corrected chi connectivity index (χ2v) is 4.97. The molecule has 4 nitrogen and oxygen atoms in total. The molecule has 2 aromatic carbocycles. The standard InChI is InChI=1S/C19H14O4/c1-22-16-9-7-14(8-10-16)18-12-15(19(20)21)11-17(23-18)13-5-3-2-4-6-13/h2-12H,1H3/p+1. The SMILES string of the molecule is COc1ccc(-c2cc(C(=O)O)cc(-c3ccccc3)[o+]2)cc1. The van der Waals surface area contributed by atoms with Crippen molar-refractivity contribution in [1.82, 2.24) is 0 Å². The Morgan fingerprint density at radius 3 is 2.00 bits per heavy atom. The lowest BCUT2D eigenvalue weighted by molar-refractivity contribution is 0.0696. The van der Waals surface area contributed by atoms with Crippen LogP contribution >= 0.6 is 0 Å². The molecule has 0 fully saturated rings. The molecule has 0 radical (unpaired) electrons. The van der Waals surface area contributed by atoms with E-state index in [2.05, 4.69) is 0 Å². The van der Waals surface area contributed by atoms with E-state index in [0.29, 0.717) is 11.5 Å². The second kappa shape index (κ2) is 6.32. The summed E-state index contributed by atoms with van der Waals surface area (Å²) in [6.45, 7) is 0. The molecule has 0 saturated carbocycles. The molecule has 1 aromatic heterocycles. The van der Waals surface area contributed by atoms with E-state index in [1.165, 1.54) is 12.1 Å². The highest BCUT2D eigenvalue weighted by Crippen LogP contribution is 2.29. The fraction of sp³-hybridized carbons (Fsp3) is 0.0526. The van der Waals surface area contributed by atoms with Gasteiger partial charge in [0.15, 0.2) is 0 Å². The van der Waals surface area contributed by atoms with E-state index < -0.39 is 5.97 Å². The van der Waals surface area contributed by atoms with Gasteiger partial charge in [-0.25, -0.2) is 9.21 Å². The molecule has 0 aliphatic rings. The van der Waals surface area contributed by atoms with Crippen LogP contribution in [0.25, 0.3) is 22.6 Å². The first-order valence-corrected chi connectivity index (χ1v) is 7.09. The first-order valence-electron chi connectivity index (χ1n) is 7.09. The van der Waals surface area contributed by atoms with Gasteiger partial charge in [0.05, 0.1) is 35.9 Å². The summed E-state index contributed by atoms with van der Waals surface area (Å²) < 4.78 is 11.0. The van der Waals surface area contributed by atoms with E-state index in [1.54, 1.807) is 19.2 Å². The minimum atomic E-state index is -0.993. The Hall–Kier alpha value is -3.14. The lowest BCUT2D eigenvalue weighted by Crippen LogP contribution is -1.97. The predicted molar refractivity (Wildman–Crippen MR) is 87.5 cm³/mol. The van der Waals surface area contributed by atoms with Crippen LogP contribution in [0.15, 0.2) is 71.1 Å². The third kappa shape index (κ3) is 3.21. The van der Waals surface area contributed by atoms with Crippen LogP contribution < -0.4 is 4.74 Å². The predicted octanol–water partition coefficient (Wildman–Crippen LogP) is 4.60. The van der Waals surface area contributed by atoms with Gasteiger partial charge in [-0.05, 0) is 36.4 Å². The monoisotopic (exact) mass is 307 g/mol. The van der Waals surface area contributed by atoms with Crippen LogP contribution in [-0.2, 0) is 0 Å². The molecule has 0 unspecified atom stereocenters. The second-order valence-electron chi connectivity index (χ2n) is 4.97. The lowest BCUT2D eigenvalue weighted by atomic mass is 10.1. The molecule has 0 spiro atoms. The van der Waals surface area contributed by atoms with Gasteiger partial charge in [0, 0.05) is 0 Å². The maximum atomic E-state index is 11.4. The van der Waals surface area contributed by atoms with Crippen LogP contribution in [0.4, 0.5) is 0 Å². The number of methoxy groups -OCH3 is 1. The minimum Gasteiger partial charge on any atom is -0.497 e. The van der Waals surface area contributed by atoms with Gasteiger partial charge in [0.2, 0.25) is 0 Å². The Kier molecular flexibility index (Phi) is 4.06. The Morgan fingerprint density at radius 2 is 1.48 bits per heavy atom. The van der Waals surface area contributed by atoms with Crippen LogP contribution in [0.3, 0.4) is 0 Å². The van der Waals surface area contributed by atoms with Gasteiger partial charge < -0.3 is 9.84 Å². The number of carboxylic acid groups (broad SMARTS) is 1. The summed E-state index contributed by atoms with van der Waals surface area (Å²) >= 11 is 0. The van der Waals surface area contributed by atoms with Crippen molar-refractivity contribution in [3.63, 3.8) is 0 Å². The number of carboxylic acids is 1. The zero-order chi connectivity index (χ0) is 16.2. The average molecular weight is 307 g/mol. The molecule has 4 heteroatoms. The quantitative estimate of drug-likeness (QED) is 0.716. The number of benzene rings is 2. The third-order valence-corrected chi connectivity index (χ3v) is 3.47. The molecule has 3 rings (SSSR count). The van der Waals surface area contributed by atoms with E-state index in [1.807, 2.05) is 42.5 Å². The average Bonchev–Trinajstić information content (AvgIpc) is 2.62. The smallest absolute Gasteiger partial charge is 0.361 e. The largest absolute Gasteiger partial charge is 0.497 e. The van der Waals surface area contributed by atoms with E-state index >= 15 is 0 Å². The van der Waals surface area contributed by atoms with Crippen molar-refractivity contribution < 1.29 is 19.1 Å². The van der Waals surface area contributed by atoms with E-state index in [9.17, 15) is 9.90 Å². The molecule has 1 N–H and O–H groups in total. The summed E-state index contributed by atoms with van der Waals surface area (Å²) in [4.78, 5) is 11.4. The number of aromatic carboxylic acids is 1. The normalized spacial score (nSPS) is 10.3. The van der Waals surface area contributed by atoms with Crippen LogP contribution in [0.1, 0.15) is 10.4 Å². The molecule has 0 aliphatic carbocycles. The van der Waals surface area contributed by atoms with Gasteiger partial charge in [-0.3, -0.25) is 0 Å². The zero-order valence-electron chi connectivity index (χ0n) is 12.5. The van der Waals surface area contributed by atoms with Crippen LogP contribution in [0, 0.1) is 0 Å². The molecule has 0 atom stereocenters. The highest BCUT2D eigenvalue weighted by molar-refractivity contribution is 5.90. The van der Waals surface area contributed by atoms with Crippen molar-refractivity contribution in [2.75, 3.05) is 7.11 Å². The molecular formula is C19H15O4+. The molecule has 0 amide bonds. The molecule has 0 bridgehead atoms. The van der Waals surface area contributed by atoms with Gasteiger partial charge in [0.1, 0.15) is 5.75 Å². The lowest BCUT2D eigenvalue weighted by Gasteiger charge is -2.00. The number of rotatable bonds is 4.